The zero-order valence-electron chi connectivity index (χ0n) is 13.4. The smallest absolute Gasteiger partial charge is 0.234 e. The standard InChI is InChI=1S/C18H30N2O/c1-13-3-2-4-20(11-13)12-17(21)19-18-8-14-5-15(9-18)7-16(6-14)10-18/h13-16H,2-12H2,1H3,(H,19,21)/t13-,14?,15?,16?,18?/m0/s1. The van der Waals surface area contributed by atoms with Crippen LogP contribution in [0.2, 0.25) is 0 Å². The van der Waals surface area contributed by atoms with Gasteiger partial charge in [0.1, 0.15) is 0 Å². The van der Waals surface area contributed by atoms with E-state index in [0.29, 0.717) is 12.5 Å². The average molecular weight is 290 g/mol. The molecule has 3 nitrogen and oxygen atoms in total. The van der Waals surface area contributed by atoms with Gasteiger partial charge in [-0.1, -0.05) is 6.92 Å². The highest BCUT2D eigenvalue weighted by atomic mass is 16.2. The van der Waals surface area contributed by atoms with Crippen molar-refractivity contribution in [2.45, 2.75) is 63.8 Å². The summed E-state index contributed by atoms with van der Waals surface area (Å²) in [7, 11) is 0. The van der Waals surface area contributed by atoms with Crippen molar-refractivity contribution in [1.82, 2.24) is 10.2 Å². The fraction of sp³-hybridized carbons (Fsp3) is 0.944. The first-order valence-corrected chi connectivity index (χ1v) is 9.14. The molecule has 1 N–H and O–H groups in total. The normalized spacial score (nSPS) is 45.8. The van der Waals surface area contributed by atoms with E-state index in [9.17, 15) is 4.79 Å². The summed E-state index contributed by atoms with van der Waals surface area (Å²) in [4.78, 5) is 14.9. The van der Waals surface area contributed by atoms with Crippen LogP contribution in [0.15, 0.2) is 0 Å². The lowest BCUT2D eigenvalue weighted by Crippen LogP contribution is -2.61. The van der Waals surface area contributed by atoms with E-state index >= 15 is 0 Å². The molecule has 0 spiro atoms. The molecule has 4 saturated carbocycles. The van der Waals surface area contributed by atoms with Crippen molar-refractivity contribution in [1.29, 1.82) is 0 Å². The van der Waals surface area contributed by atoms with E-state index in [4.69, 9.17) is 0 Å². The number of amides is 1. The number of carbonyl (C=O) groups is 1. The third-order valence-corrected chi connectivity index (χ3v) is 6.55. The van der Waals surface area contributed by atoms with Crippen LogP contribution in [0.25, 0.3) is 0 Å². The average Bonchev–Trinajstić information content (AvgIpc) is 2.35. The topological polar surface area (TPSA) is 32.3 Å². The van der Waals surface area contributed by atoms with Gasteiger partial charge in [-0.25, -0.2) is 0 Å². The van der Waals surface area contributed by atoms with Gasteiger partial charge in [0.25, 0.3) is 0 Å². The molecule has 21 heavy (non-hydrogen) atoms. The Labute approximate surface area is 128 Å². The molecule has 0 aromatic rings. The molecule has 0 aromatic heterocycles. The lowest BCUT2D eigenvalue weighted by molar-refractivity contribution is -0.128. The Kier molecular flexibility index (Phi) is 3.52. The van der Waals surface area contributed by atoms with Gasteiger partial charge in [0.05, 0.1) is 6.54 Å². The second-order valence-corrected chi connectivity index (χ2v) is 8.73. The van der Waals surface area contributed by atoms with Crippen LogP contribution < -0.4 is 5.32 Å². The van der Waals surface area contributed by atoms with Crippen LogP contribution in [0.4, 0.5) is 0 Å². The summed E-state index contributed by atoms with van der Waals surface area (Å²) >= 11 is 0. The summed E-state index contributed by atoms with van der Waals surface area (Å²) in [6.45, 7) is 5.15. The molecule has 4 aliphatic carbocycles. The largest absolute Gasteiger partial charge is 0.350 e. The van der Waals surface area contributed by atoms with Crippen molar-refractivity contribution < 1.29 is 4.79 Å². The first kappa shape index (κ1) is 14.0. The predicted octanol–water partition coefficient (Wildman–Crippen LogP) is 2.80. The third kappa shape index (κ3) is 2.86. The number of hydrogen-bond acceptors (Lipinski definition) is 2. The SMILES string of the molecule is C[C@H]1CCCN(CC(=O)NC23CC4CC(CC(C4)C2)C3)C1. The van der Waals surface area contributed by atoms with Gasteiger partial charge < -0.3 is 5.32 Å². The number of hydrogen-bond donors (Lipinski definition) is 1. The maximum absolute atomic E-state index is 12.5. The first-order chi connectivity index (χ1) is 10.1. The zero-order chi connectivity index (χ0) is 14.4. The number of likely N-dealkylation sites (tertiary alicyclic amines) is 1. The summed E-state index contributed by atoms with van der Waals surface area (Å²) in [6, 6.07) is 0. The highest BCUT2D eigenvalue weighted by Gasteiger charge is 2.51. The molecule has 1 heterocycles. The van der Waals surface area contributed by atoms with Crippen molar-refractivity contribution in [2.24, 2.45) is 23.7 Å². The van der Waals surface area contributed by atoms with Crippen molar-refractivity contribution in [3.63, 3.8) is 0 Å². The molecule has 1 amide bonds. The van der Waals surface area contributed by atoms with Gasteiger partial charge in [0, 0.05) is 12.1 Å². The fourth-order valence-corrected chi connectivity index (χ4v) is 6.23. The van der Waals surface area contributed by atoms with Crippen molar-refractivity contribution >= 4 is 5.91 Å². The molecule has 1 atom stereocenters. The lowest BCUT2D eigenvalue weighted by atomic mass is 9.53. The van der Waals surface area contributed by atoms with Crippen LogP contribution in [-0.4, -0.2) is 36.0 Å². The Morgan fingerprint density at radius 1 is 1.14 bits per heavy atom. The fourth-order valence-electron chi connectivity index (χ4n) is 6.23. The Morgan fingerprint density at radius 3 is 2.33 bits per heavy atom. The highest BCUT2D eigenvalue weighted by molar-refractivity contribution is 5.79. The number of carbonyl (C=O) groups excluding carboxylic acids is 1. The minimum Gasteiger partial charge on any atom is -0.350 e. The van der Waals surface area contributed by atoms with Gasteiger partial charge in [-0.05, 0) is 81.6 Å². The van der Waals surface area contributed by atoms with Crippen LogP contribution in [-0.2, 0) is 4.79 Å². The van der Waals surface area contributed by atoms with Gasteiger partial charge in [-0.15, -0.1) is 0 Å². The molecular weight excluding hydrogens is 260 g/mol. The van der Waals surface area contributed by atoms with Crippen LogP contribution in [0.5, 0.6) is 0 Å². The Hall–Kier alpha value is -0.570. The molecule has 0 radical (unpaired) electrons. The van der Waals surface area contributed by atoms with Gasteiger partial charge in [-0.3, -0.25) is 9.69 Å². The van der Waals surface area contributed by atoms with E-state index in [1.807, 2.05) is 0 Å². The molecule has 118 valence electrons. The van der Waals surface area contributed by atoms with Crippen LogP contribution >= 0.6 is 0 Å². The second kappa shape index (κ2) is 5.26. The number of nitrogens with one attached hydrogen (secondary N) is 1. The summed E-state index contributed by atoms with van der Waals surface area (Å²) in [5, 5.41) is 3.51. The van der Waals surface area contributed by atoms with Gasteiger partial charge in [0.15, 0.2) is 0 Å². The Balaban J connectivity index is 1.36. The molecule has 0 unspecified atom stereocenters. The van der Waals surface area contributed by atoms with E-state index in [1.54, 1.807) is 0 Å². The van der Waals surface area contributed by atoms with Crippen LogP contribution in [0.3, 0.4) is 0 Å². The number of rotatable bonds is 3. The Bertz CT molecular complexity index is 384. The number of piperidine rings is 1. The van der Waals surface area contributed by atoms with Crippen molar-refractivity contribution in [3.8, 4) is 0 Å². The van der Waals surface area contributed by atoms with Crippen LogP contribution in [0, 0.1) is 23.7 Å². The summed E-state index contributed by atoms with van der Waals surface area (Å²) in [5.74, 6) is 3.78. The molecule has 1 aliphatic heterocycles. The molecule has 5 fully saturated rings. The molecule has 1 saturated heterocycles. The molecular formula is C18H30N2O. The summed E-state index contributed by atoms with van der Waals surface area (Å²) < 4.78 is 0. The van der Waals surface area contributed by atoms with Gasteiger partial charge >= 0.3 is 0 Å². The van der Waals surface area contributed by atoms with E-state index in [0.717, 1.165) is 36.8 Å². The third-order valence-electron chi connectivity index (χ3n) is 6.55. The molecule has 5 rings (SSSR count). The van der Waals surface area contributed by atoms with Crippen LogP contribution in [0.1, 0.15) is 58.3 Å². The lowest BCUT2D eigenvalue weighted by Gasteiger charge is -2.57. The zero-order valence-corrected chi connectivity index (χ0v) is 13.4. The quantitative estimate of drug-likeness (QED) is 0.867. The van der Waals surface area contributed by atoms with E-state index < -0.39 is 0 Å². The molecule has 4 bridgehead atoms. The summed E-state index contributed by atoms with van der Waals surface area (Å²) in [5.41, 5.74) is 0.188. The van der Waals surface area contributed by atoms with E-state index in [2.05, 4.69) is 17.1 Å². The molecule has 0 aromatic carbocycles. The second-order valence-electron chi connectivity index (χ2n) is 8.73. The Morgan fingerprint density at radius 2 is 1.76 bits per heavy atom. The maximum atomic E-state index is 12.5. The van der Waals surface area contributed by atoms with Crippen molar-refractivity contribution in [2.75, 3.05) is 19.6 Å². The molecule has 3 heteroatoms. The maximum Gasteiger partial charge on any atom is 0.234 e. The first-order valence-electron chi connectivity index (χ1n) is 9.14. The van der Waals surface area contributed by atoms with Crippen molar-refractivity contribution in [3.05, 3.63) is 0 Å². The predicted molar refractivity (Wildman–Crippen MR) is 83.9 cm³/mol. The van der Waals surface area contributed by atoms with Gasteiger partial charge in [0.2, 0.25) is 5.91 Å². The minimum absolute atomic E-state index is 0.188. The number of nitrogens with zero attached hydrogens (tertiary/aromatic N) is 1. The minimum atomic E-state index is 0.188. The monoisotopic (exact) mass is 290 g/mol. The van der Waals surface area contributed by atoms with E-state index in [-0.39, 0.29) is 5.54 Å². The summed E-state index contributed by atoms with van der Waals surface area (Å²) in [6.07, 6.45) is 10.7. The molecule has 5 aliphatic rings. The highest BCUT2D eigenvalue weighted by Crippen LogP contribution is 2.55. The van der Waals surface area contributed by atoms with Gasteiger partial charge in [-0.2, -0.15) is 0 Å². The van der Waals surface area contributed by atoms with E-state index in [1.165, 1.54) is 51.4 Å².